The highest BCUT2D eigenvalue weighted by Crippen LogP contribution is 2.37. The van der Waals surface area contributed by atoms with Gasteiger partial charge in [0.2, 0.25) is 5.91 Å². The van der Waals surface area contributed by atoms with Crippen molar-refractivity contribution in [2.24, 2.45) is 0 Å². The average molecular weight is 515 g/mol. The number of benzene rings is 2. The van der Waals surface area contributed by atoms with Gasteiger partial charge in [0.15, 0.2) is 5.78 Å². The molecule has 0 aliphatic rings. The van der Waals surface area contributed by atoms with Gasteiger partial charge in [-0.3, -0.25) is 14.9 Å². The maximum Gasteiger partial charge on any atom is 0.416 e. The van der Waals surface area contributed by atoms with Crippen LogP contribution in [0.4, 0.5) is 29.3 Å². The van der Waals surface area contributed by atoms with Gasteiger partial charge in [0.1, 0.15) is 11.9 Å². The third-order valence-electron chi connectivity index (χ3n) is 4.98. The minimum atomic E-state index is -4.69. The molecule has 194 valence electrons. The Morgan fingerprint density at radius 1 is 0.919 bits per heavy atom. The van der Waals surface area contributed by atoms with Crippen LogP contribution in [0.2, 0.25) is 0 Å². The number of aromatic nitrogens is 2. The van der Waals surface area contributed by atoms with Crippen LogP contribution in [0.5, 0.6) is 0 Å². The quantitative estimate of drug-likeness (QED) is 0.307. The molecule has 1 aromatic heterocycles. The van der Waals surface area contributed by atoms with Crippen LogP contribution in [-0.4, -0.2) is 33.4 Å². The molecular weight excluding hydrogens is 489 g/mol. The lowest BCUT2D eigenvalue weighted by Crippen LogP contribution is -2.28. The van der Waals surface area contributed by atoms with Crippen molar-refractivity contribution < 1.29 is 32.3 Å². The Labute approximate surface area is 211 Å². The molecule has 0 saturated heterocycles. The van der Waals surface area contributed by atoms with Gasteiger partial charge in [0.05, 0.1) is 23.4 Å². The number of aryl methyl sites for hydroxylation is 1. The fraction of sp³-hybridized carbons (Fsp3) is 0.269. The van der Waals surface area contributed by atoms with E-state index in [1.54, 1.807) is 57.4 Å². The number of hydrogen-bond acceptors (Lipinski definition) is 6. The minimum absolute atomic E-state index is 0.107. The van der Waals surface area contributed by atoms with Crippen LogP contribution < -0.4 is 10.6 Å². The third-order valence-corrected chi connectivity index (χ3v) is 4.98. The molecule has 2 N–H and O–H groups in total. The molecule has 0 atom stereocenters. The number of nitrogens with zero attached hydrogens (tertiary/aromatic N) is 2. The first-order chi connectivity index (χ1) is 17.2. The Balaban J connectivity index is 1.82. The summed E-state index contributed by atoms with van der Waals surface area (Å²) in [6, 6.07) is 8.33. The monoisotopic (exact) mass is 514 g/mol. The molecule has 0 bridgehead atoms. The maximum absolute atomic E-state index is 13.5. The summed E-state index contributed by atoms with van der Waals surface area (Å²) in [5.41, 5.74) is -0.891. The molecule has 0 radical (unpaired) electrons. The van der Waals surface area contributed by atoms with Crippen molar-refractivity contribution in [1.29, 1.82) is 0 Å². The molecule has 0 saturated carbocycles. The van der Waals surface area contributed by atoms with E-state index in [0.29, 0.717) is 17.2 Å². The fourth-order valence-corrected chi connectivity index (χ4v) is 3.40. The Kier molecular flexibility index (Phi) is 7.95. The number of ketones is 1. The lowest BCUT2D eigenvalue weighted by atomic mass is 10.0. The molecule has 37 heavy (non-hydrogen) atoms. The Bertz CT molecular complexity index is 1320. The van der Waals surface area contributed by atoms with E-state index in [2.05, 4.69) is 20.6 Å². The molecule has 2 aromatic carbocycles. The first kappa shape index (κ1) is 27.3. The number of alkyl halides is 3. The van der Waals surface area contributed by atoms with Gasteiger partial charge in [-0.15, -0.1) is 0 Å². The van der Waals surface area contributed by atoms with Crippen molar-refractivity contribution in [3.05, 3.63) is 71.8 Å². The number of hydrogen-bond donors (Lipinski definition) is 2. The molecule has 0 aliphatic carbocycles. The van der Waals surface area contributed by atoms with Crippen molar-refractivity contribution in [3.8, 4) is 11.1 Å². The van der Waals surface area contributed by atoms with E-state index in [9.17, 15) is 27.6 Å². The van der Waals surface area contributed by atoms with Crippen molar-refractivity contribution >= 4 is 29.2 Å². The Morgan fingerprint density at radius 3 is 2.19 bits per heavy atom. The third kappa shape index (κ3) is 7.60. The predicted molar refractivity (Wildman–Crippen MR) is 131 cm³/mol. The molecule has 8 nitrogen and oxygen atoms in total. The topological polar surface area (TPSA) is 110 Å². The fourth-order valence-electron chi connectivity index (χ4n) is 3.40. The van der Waals surface area contributed by atoms with Gasteiger partial charge in [-0.25, -0.2) is 14.8 Å². The first-order valence-electron chi connectivity index (χ1n) is 11.1. The zero-order chi connectivity index (χ0) is 27.4. The van der Waals surface area contributed by atoms with E-state index in [1.165, 1.54) is 13.3 Å². The van der Waals surface area contributed by atoms with E-state index in [4.69, 9.17) is 4.74 Å². The lowest BCUT2D eigenvalue weighted by Gasteiger charge is -2.22. The summed E-state index contributed by atoms with van der Waals surface area (Å²) in [7, 11) is 0. The summed E-state index contributed by atoms with van der Waals surface area (Å²) in [6.45, 7) is 6.00. The van der Waals surface area contributed by atoms with Crippen LogP contribution in [0.25, 0.3) is 11.1 Å². The van der Waals surface area contributed by atoms with Crippen molar-refractivity contribution in [1.82, 2.24) is 9.97 Å². The summed E-state index contributed by atoms with van der Waals surface area (Å²) in [4.78, 5) is 45.6. The van der Waals surface area contributed by atoms with Crippen molar-refractivity contribution in [2.45, 2.75) is 45.9 Å². The first-order valence-corrected chi connectivity index (χ1v) is 11.1. The highest BCUT2D eigenvalue weighted by atomic mass is 19.4. The van der Waals surface area contributed by atoms with Gasteiger partial charge in [0.25, 0.3) is 0 Å². The maximum atomic E-state index is 13.5. The summed E-state index contributed by atoms with van der Waals surface area (Å²) < 4.78 is 45.5. The van der Waals surface area contributed by atoms with Crippen LogP contribution in [0.1, 0.15) is 48.7 Å². The molecule has 0 fully saturated rings. The zero-order valence-corrected chi connectivity index (χ0v) is 20.6. The summed E-state index contributed by atoms with van der Waals surface area (Å²) in [6.07, 6.45) is -1.75. The molecule has 11 heteroatoms. The highest BCUT2D eigenvalue weighted by Gasteiger charge is 2.34. The van der Waals surface area contributed by atoms with E-state index in [-0.39, 0.29) is 22.5 Å². The Hall–Kier alpha value is -4.28. The number of carbonyl (C=O) groups is 3. The van der Waals surface area contributed by atoms with Gasteiger partial charge >= 0.3 is 12.3 Å². The number of nitrogens with one attached hydrogen (secondary N) is 2. The predicted octanol–water partition coefficient (Wildman–Crippen LogP) is 6.03. The van der Waals surface area contributed by atoms with Crippen molar-refractivity contribution in [3.63, 3.8) is 0 Å². The van der Waals surface area contributed by atoms with Gasteiger partial charge in [-0.2, -0.15) is 13.2 Å². The smallest absolute Gasteiger partial charge is 0.416 e. The number of carbonyl (C=O) groups excluding carboxylic acids is 3. The molecule has 2 amide bonds. The van der Waals surface area contributed by atoms with E-state index in [0.717, 1.165) is 6.07 Å². The minimum Gasteiger partial charge on any atom is -0.444 e. The molecule has 3 rings (SSSR count). The van der Waals surface area contributed by atoms with E-state index < -0.39 is 41.5 Å². The second kappa shape index (κ2) is 10.8. The summed E-state index contributed by atoms with van der Waals surface area (Å²) in [5.74, 6) is -1.29. The Morgan fingerprint density at radius 2 is 1.57 bits per heavy atom. The summed E-state index contributed by atoms with van der Waals surface area (Å²) >= 11 is 0. The van der Waals surface area contributed by atoms with E-state index >= 15 is 0 Å². The standard InChI is InChI=1S/C26H25F3N4O4/c1-15-8-20(21(10-19(15)26(27,28)29)33-24(36)37-25(2,3)4)32-23(35)11-22(34)17-7-5-6-16(9-17)18-12-30-14-31-13-18/h5-10,12-14H,11H2,1-4H3,(H,32,35)(H,33,36). The number of rotatable bonds is 6. The van der Waals surface area contributed by atoms with Gasteiger partial charge in [0, 0.05) is 23.5 Å². The molecule has 3 aromatic rings. The van der Waals surface area contributed by atoms with Crippen LogP contribution in [0.3, 0.4) is 0 Å². The van der Waals surface area contributed by atoms with Crippen LogP contribution in [-0.2, 0) is 15.7 Å². The second-order valence-electron chi connectivity index (χ2n) is 9.19. The lowest BCUT2D eigenvalue weighted by molar-refractivity contribution is -0.138. The van der Waals surface area contributed by atoms with E-state index in [1.807, 2.05) is 0 Å². The van der Waals surface area contributed by atoms with Crippen molar-refractivity contribution in [2.75, 3.05) is 10.6 Å². The molecule has 0 aliphatic heterocycles. The number of ether oxygens (including phenoxy) is 1. The second-order valence-corrected chi connectivity index (χ2v) is 9.19. The number of amides is 2. The van der Waals surface area contributed by atoms with Crippen LogP contribution >= 0.6 is 0 Å². The van der Waals surface area contributed by atoms with Gasteiger partial charge in [-0.1, -0.05) is 18.2 Å². The average Bonchev–Trinajstić information content (AvgIpc) is 2.79. The number of anilines is 2. The summed E-state index contributed by atoms with van der Waals surface area (Å²) in [5, 5.41) is 4.68. The van der Waals surface area contributed by atoms with Crippen LogP contribution in [0.15, 0.2) is 55.1 Å². The zero-order valence-electron chi connectivity index (χ0n) is 20.6. The van der Waals surface area contributed by atoms with Gasteiger partial charge < -0.3 is 10.1 Å². The molecular formula is C26H25F3N4O4. The largest absolute Gasteiger partial charge is 0.444 e. The van der Waals surface area contributed by atoms with Crippen LogP contribution in [0, 0.1) is 6.92 Å². The molecule has 1 heterocycles. The van der Waals surface area contributed by atoms with Gasteiger partial charge in [-0.05, 0) is 57.0 Å². The molecule has 0 spiro atoms. The normalized spacial score (nSPS) is 11.5. The SMILES string of the molecule is Cc1cc(NC(=O)CC(=O)c2cccc(-c3cncnc3)c2)c(NC(=O)OC(C)(C)C)cc1C(F)(F)F. The molecule has 0 unspecified atom stereocenters. The highest BCUT2D eigenvalue weighted by molar-refractivity contribution is 6.12. The number of Topliss-reactive ketones (excluding diaryl/α,β-unsaturated/α-hetero) is 1. The number of halogens is 3.